The number of aliphatic hydroxyl groups excluding tert-OH is 1. The third-order valence-corrected chi connectivity index (χ3v) is 6.58. The van der Waals surface area contributed by atoms with Crippen molar-refractivity contribution in [2.24, 2.45) is 11.3 Å². The SMILES string of the molecule is CC(C)c1ccc2c(c1)CC[C@H]1[C@@](CO)(C(=O)O)CCC[C@]21C. The normalized spacial score (nSPS) is 33.2. The molecule has 0 aliphatic heterocycles. The number of carboxylic acids is 1. The van der Waals surface area contributed by atoms with Gasteiger partial charge >= 0.3 is 5.97 Å². The average Bonchev–Trinajstić information content (AvgIpc) is 2.52. The lowest BCUT2D eigenvalue weighted by atomic mass is 9.49. The van der Waals surface area contributed by atoms with Crippen LogP contribution in [0.3, 0.4) is 0 Å². The number of carbonyl (C=O) groups is 1. The fourth-order valence-corrected chi connectivity index (χ4v) is 5.20. The van der Waals surface area contributed by atoms with Crippen molar-refractivity contribution in [3.63, 3.8) is 0 Å². The minimum atomic E-state index is -0.971. The van der Waals surface area contributed by atoms with Crippen molar-refractivity contribution < 1.29 is 15.0 Å². The van der Waals surface area contributed by atoms with E-state index in [1.807, 2.05) is 0 Å². The van der Waals surface area contributed by atoms with E-state index >= 15 is 0 Å². The largest absolute Gasteiger partial charge is 0.481 e. The van der Waals surface area contributed by atoms with Crippen LogP contribution in [0.4, 0.5) is 0 Å². The molecule has 1 aromatic carbocycles. The molecular formula is C20H28O3. The van der Waals surface area contributed by atoms with Gasteiger partial charge in [-0.15, -0.1) is 0 Å². The maximum atomic E-state index is 12.0. The number of carboxylic acid groups (broad SMARTS) is 1. The highest BCUT2D eigenvalue weighted by Gasteiger charge is 2.57. The lowest BCUT2D eigenvalue weighted by Crippen LogP contribution is -2.55. The number of aliphatic carboxylic acids is 1. The molecule has 0 unspecified atom stereocenters. The first kappa shape index (κ1) is 16.5. The van der Waals surface area contributed by atoms with Crippen LogP contribution in [-0.4, -0.2) is 22.8 Å². The third-order valence-electron chi connectivity index (χ3n) is 6.58. The van der Waals surface area contributed by atoms with E-state index in [-0.39, 0.29) is 17.9 Å². The molecule has 1 saturated carbocycles. The average molecular weight is 316 g/mol. The van der Waals surface area contributed by atoms with Gasteiger partial charge in [0, 0.05) is 0 Å². The highest BCUT2D eigenvalue weighted by molar-refractivity contribution is 5.76. The molecule has 0 radical (unpaired) electrons. The van der Waals surface area contributed by atoms with E-state index in [4.69, 9.17) is 0 Å². The summed E-state index contributed by atoms with van der Waals surface area (Å²) in [7, 11) is 0. The van der Waals surface area contributed by atoms with Gasteiger partial charge in [-0.1, -0.05) is 45.4 Å². The van der Waals surface area contributed by atoms with E-state index in [1.165, 1.54) is 16.7 Å². The first-order chi connectivity index (χ1) is 10.8. The Morgan fingerprint density at radius 1 is 1.35 bits per heavy atom. The van der Waals surface area contributed by atoms with Crippen LogP contribution < -0.4 is 0 Å². The van der Waals surface area contributed by atoms with Crippen LogP contribution in [0.1, 0.15) is 69.1 Å². The van der Waals surface area contributed by atoms with Crippen LogP contribution in [0.5, 0.6) is 0 Å². The van der Waals surface area contributed by atoms with Crippen molar-refractivity contribution in [1.29, 1.82) is 0 Å². The molecule has 0 heterocycles. The number of rotatable bonds is 3. The van der Waals surface area contributed by atoms with Gasteiger partial charge in [-0.2, -0.15) is 0 Å². The summed E-state index contributed by atoms with van der Waals surface area (Å²) in [5.74, 6) is -0.297. The number of aliphatic hydroxyl groups is 1. The monoisotopic (exact) mass is 316 g/mol. The molecule has 1 fully saturated rings. The quantitative estimate of drug-likeness (QED) is 0.890. The van der Waals surface area contributed by atoms with Crippen LogP contribution >= 0.6 is 0 Å². The van der Waals surface area contributed by atoms with E-state index in [1.54, 1.807) is 0 Å². The van der Waals surface area contributed by atoms with Crippen LogP contribution in [-0.2, 0) is 16.6 Å². The van der Waals surface area contributed by atoms with Gasteiger partial charge in [0.25, 0.3) is 0 Å². The van der Waals surface area contributed by atoms with E-state index in [2.05, 4.69) is 39.0 Å². The molecule has 126 valence electrons. The summed E-state index contributed by atoms with van der Waals surface area (Å²) in [6.45, 7) is 6.38. The zero-order valence-electron chi connectivity index (χ0n) is 14.4. The van der Waals surface area contributed by atoms with Crippen molar-refractivity contribution in [1.82, 2.24) is 0 Å². The molecule has 3 rings (SSSR count). The predicted octanol–water partition coefficient (Wildman–Crippen LogP) is 3.88. The number of hydrogen-bond acceptors (Lipinski definition) is 2. The van der Waals surface area contributed by atoms with Crippen molar-refractivity contribution in [3.05, 3.63) is 34.9 Å². The Bertz CT molecular complexity index is 621. The van der Waals surface area contributed by atoms with Gasteiger partial charge in [-0.25, -0.2) is 0 Å². The van der Waals surface area contributed by atoms with Gasteiger partial charge in [0.05, 0.1) is 12.0 Å². The lowest BCUT2D eigenvalue weighted by molar-refractivity contribution is -0.164. The summed E-state index contributed by atoms with van der Waals surface area (Å²) in [6.07, 6.45) is 4.26. The molecule has 0 bridgehead atoms. The molecule has 3 atom stereocenters. The van der Waals surface area contributed by atoms with Gasteiger partial charge < -0.3 is 10.2 Å². The van der Waals surface area contributed by atoms with Crippen molar-refractivity contribution in [2.45, 2.75) is 64.2 Å². The summed E-state index contributed by atoms with van der Waals surface area (Å²) in [5, 5.41) is 19.8. The molecule has 3 nitrogen and oxygen atoms in total. The summed E-state index contributed by atoms with van der Waals surface area (Å²) < 4.78 is 0. The van der Waals surface area contributed by atoms with E-state index < -0.39 is 11.4 Å². The smallest absolute Gasteiger partial charge is 0.312 e. The second-order valence-electron chi connectivity index (χ2n) is 8.05. The highest BCUT2D eigenvalue weighted by atomic mass is 16.4. The molecule has 23 heavy (non-hydrogen) atoms. The Kier molecular flexibility index (Phi) is 4.04. The Morgan fingerprint density at radius 3 is 2.70 bits per heavy atom. The minimum absolute atomic E-state index is 0.0173. The molecule has 2 aliphatic carbocycles. The molecule has 1 aromatic rings. The number of aryl methyl sites for hydroxylation is 1. The van der Waals surface area contributed by atoms with Crippen LogP contribution in [0.15, 0.2) is 18.2 Å². The molecule has 3 heteroatoms. The minimum Gasteiger partial charge on any atom is -0.481 e. The molecule has 0 aromatic heterocycles. The van der Waals surface area contributed by atoms with Gasteiger partial charge in [0.2, 0.25) is 0 Å². The fraction of sp³-hybridized carbons (Fsp3) is 0.650. The van der Waals surface area contributed by atoms with Gasteiger partial charge in [-0.05, 0) is 59.6 Å². The highest BCUT2D eigenvalue weighted by Crippen LogP contribution is 2.57. The van der Waals surface area contributed by atoms with E-state index in [0.29, 0.717) is 12.3 Å². The van der Waals surface area contributed by atoms with Crippen LogP contribution in [0.2, 0.25) is 0 Å². The van der Waals surface area contributed by atoms with Crippen molar-refractivity contribution in [2.75, 3.05) is 6.61 Å². The fourth-order valence-electron chi connectivity index (χ4n) is 5.20. The second-order valence-corrected chi connectivity index (χ2v) is 8.05. The number of hydrogen-bond donors (Lipinski definition) is 2. The Morgan fingerprint density at radius 2 is 2.09 bits per heavy atom. The molecule has 0 amide bonds. The zero-order chi connectivity index (χ0) is 16.8. The lowest BCUT2D eigenvalue weighted by Gasteiger charge is -2.54. The summed E-state index contributed by atoms with van der Waals surface area (Å²) in [4.78, 5) is 12.0. The zero-order valence-corrected chi connectivity index (χ0v) is 14.4. The third kappa shape index (κ3) is 2.32. The van der Waals surface area contributed by atoms with Gasteiger partial charge in [-0.3, -0.25) is 4.79 Å². The van der Waals surface area contributed by atoms with Gasteiger partial charge in [0.1, 0.15) is 0 Å². The summed E-state index contributed by atoms with van der Waals surface area (Å²) in [5.41, 5.74) is 2.95. The number of benzene rings is 1. The molecule has 2 aliphatic rings. The summed E-state index contributed by atoms with van der Waals surface area (Å²) >= 11 is 0. The van der Waals surface area contributed by atoms with Gasteiger partial charge in [0.15, 0.2) is 0 Å². The Labute approximate surface area is 138 Å². The number of fused-ring (bicyclic) bond motifs is 3. The molecular weight excluding hydrogens is 288 g/mol. The predicted molar refractivity (Wildman–Crippen MR) is 90.7 cm³/mol. The molecule has 0 saturated heterocycles. The molecule has 0 spiro atoms. The molecule has 2 N–H and O–H groups in total. The first-order valence-electron chi connectivity index (χ1n) is 8.83. The second kappa shape index (κ2) is 5.62. The van der Waals surface area contributed by atoms with E-state index in [9.17, 15) is 15.0 Å². The maximum Gasteiger partial charge on any atom is 0.312 e. The van der Waals surface area contributed by atoms with Crippen molar-refractivity contribution >= 4 is 5.97 Å². The first-order valence-corrected chi connectivity index (χ1v) is 8.83. The van der Waals surface area contributed by atoms with Crippen molar-refractivity contribution in [3.8, 4) is 0 Å². The van der Waals surface area contributed by atoms with E-state index in [0.717, 1.165) is 25.7 Å². The Balaban J connectivity index is 2.09. The van der Waals surface area contributed by atoms with Crippen LogP contribution in [0, 0.1) is 11.3 Å². The maximum absolute atomic E-state index is 12.0. The summed E-state index contributed by atoms with van der Waals surface area (Å²) in [6, 6.07) is 6.75. The Hall–Kier alpha value is -1.35. The topological polar surface area (TPSA) is 57.5 Å². The van der Waals surface area contributed by atoms with Crippen LogP contribution in [0.25, 0.3) is 0 Å². The standard InChI is InChI=1S/C20H28O3/c1-13(2)14-5-7-16-15(11-14)6-8-17-19(16,3)9-4-10-20(17,12-21)18(22)23/h5,7,11,13,17,21H,4,6,8-10,12H2,1-3H3,(H,22,23)/t17-,19-,20-/m1/s1.